The molecule has 1 aromatic carbocycles. The van der Waals surface area contributed by atoms with E-state index in [1.807, 2.05) is 10.5 Å². The minimum atomic E-state index is 0.498. The van der Waals surface area contributed by atoms with Gasteiger partial charge in [0, 0.05) is 16.5 Å². The highest BCUT2D eigenvalue weighted by Gasteiger charge is 2.27. The van der Waals surface area contributed by atoms with Crippen LogP contribution in [0.15, 0.2) is 28.7 Å². The summed E-state index contributed by atoms with van der Waals surface area (Å²) in [6.45, 7) is 0. The molecule has 6 heteroatoms. The second-order valence-corrected chi connectivity index (χ2v) is 5.68. The number of fused-ring (bicyclic) bond motifs is 5. The summed E-state index contributed by atoms with van der Waals surface area (Å²) in [5.41, 5.74) is 4.46. The molecule has 0 N–H and O–H groups in total. The van der Waals surface area contributed by atoms with E-state index in [9.17, 15) is 0 Å². The summed E-state index contributed by atoms with van der Waals surface area (Å²) in [6, 6.07) is 7.93. The third kappa shape index (κ3) is 1.68. The van der Waals surface area contributed by atoms with Crippen molar-refractivity contribution in [3.05, 3.63) is 40.0 Å². The van der Waals surface area contributed by atoms with Gasteiger partial charge in [0.15, 0.2) is 0 Å². The van der Waals surface area contributed by atoms with Crippen molar-refractivity contribution in [2.45, 2.75) is 6.42 Å². The van der Waals surface area contributed by atoms with Crippen LogP contribution in [0.4, 0.5) is 0 Å². The molecule has 0 bridgehead atoms. The summed E-state index contributed by atoms with van der Waals surface area (Å²) in [6.07, 6.45) is 0.803. The van der Waals surface area contributed by atoms with Gasteiger partial charge in [-0.2, -0.15) is 4.98 Å². The van der Waals surface area contributed by atoms with Crippen LogP contribution < -0.4 is 9.47 Å². The maximum Gasteiger partial charge on any atom is 0.240 e. The fourth-order valence-electron chi connectivity index (χ4n) is 2.81. The Hall–Kier alpha value is -2.08. The standard InChI is InChI=1S/C15H12BrN3O2/c1-20-12-7-13(21-2)19-11-6-9-8(4-3-5-10(9)16)14(11)18-15(19)17-12/h3-5,7H,6H2,1-2H3. The maximum atomic E-state index is 5.47. The predicted molar refractivity (Wildman–Crippen MR) is 82.0 cm³/mol. The zero-order valence-corrected chi connectivity index (χ0v) is 13.1. The number of ether oxygens (including phenoxy) is 2. The first kappa shape index (κ1) is 12.6. The Morgan fingerprint density at radius 2 is 2.05 bits per heavy atom. The van der Waals surface area contributed by atoms with Crippen molar-refractivity contribution in [2.75, 3.05) is 14.2 Å². The number of methoxy groups -OCH3 is 2. The second kappa shape index (κ2) is 4.46. The van der Waals surface area contributed by atoms with Gasteiger partial charge in [0.1, 0.15) is 0 Å². The molecule has 0 saturated heterocycles. The van der Waals surface area contributed by atoms with Gasteiger partial charge in [-0.3, -0.25) is 4.40 Å². The molecule has 3 aromatic rings. The monoisotopic (exact) mass is 345 g/mol. The lowest BCUT2D eigenvalue weighted by Gasteiger charge is -2.08. The molecule has 0 spiro atoms. The Morgan fingerprint density at radius 3 is 2.81 bits per heavy atom. The summed E-state index contributed by atoms with van der Waals surface area (Å²) >= 11 is 3.61. The Balaban J connectivity index is 2.04. The molecule has 2 aromatic heterocycles. The summed E-state index contributed by atoms with van der Waals surface area (Å²) in [5.74, 6) is 1.77. The molecule has 0 unspecified atom stereocenters. The van der Waals surface area contributed by atoms with Gasteiger partial charge in [0.25, 0.3) is 0 Å². The fraction of sp³-hybridized carbons (Fsp3) is 0.200. The van der Waals surface area contributed by atoms with Crippen LogP contribution in [0.1, 0.15) is 11.3 Å². The number of aromatic nitrogens is 3. The van der Waals surface area contributed by atoms with E-state index in [0.717, 1.165) is 27.8 Å². The normalized spacial score (nSPS) is 12.3. The molecule has 0 atom stereocenters. The van der Waals surface area contributed by atoms with Crippen LogP contribution in [0.25, 0.3) is 17.0 Å². The van der Waals surface area contributed by atoms with Crippen molar-refractivity contribution in [3.8, 4) is 23.0 Å². The highest BCUT2D eigenvalue weighted by atomic mass is 79.9. The first-order chi connectivity index (χ1) is 10.2. The summed E-state index contributed by atoms with van der Waals surface area (Å²) in [5, 5.41) is 0. The molecule has 0 radical (unpaired) electrons. The Bertz CT molecular complexity index is 873. The van der Waals surface area contributed by atoms with Crippen LogP contribution in [-0.4, -0.2) is 28.6 Å². The number of halogens is 1. The molecule has 106 valence electrons. The lowest BCUT2D eigenvalue weighted by molar-refractivity contribution is 0.369. The molecule has 0 amide bonds. The van der Waals surface area contributed by atoms with E-state index >= 15 is 0 Å². The Kier molecular flexibility index (Phi) is 2.68. The van der Waals surface area contributed by atoms with Crippen molar-refractivity contribution >= 4 is 21.7 Å². The number of hydrogen-bond acceptors (Lipinski definition) is 4. The van der Waals surface area contributed by atoms with Gasteiger partial charge in [-0.15, -0.1) is 0 Å². The summed E-state index contributed by atoms with van der Waals surface area (Å²) in [4.78, 5) is 9.06. The predicted octanol–water partition coefficient (Wildman–Crippen LogP) is 3.08. The Labute approximate surface area is 129 Å². The molecule has 0 saturated carbocycles. The summed E-state index contributed by atoms with van der Waals surface area (Å²) < 4.78 is 13.7. The quantitative estimate of drug-likeness (QED) is 0.560. The molecule has 5 nitrogen and oxygen atoms in total. The van der Waals surface area contributed by atoms with Crippen LogP contribution in [0.2, 0.25) is 0 Å². The minimum absolute atomic E-state index is 0.498. The van der Waals surface area contributed by atoms with Gasteiger partial charge in [-0.05, 0) is 11.6 Å². The highest BCUT2D eigenvalue weighted by molar-refractivity contribution is 9.10. The number of imidazole rings is 1. The van der Waals surface area contributed by atoms with Crippen LogP contribution in [0.5, 0.6) is 11.8 Å². The van der Waals surface area contributed by atoms with Gasteiger partial charge in [0.05, 0.1) is 31.7 Å². The topological polar surface area (TPSA) is 48.7 Å². The van der Waals surface area contributed by atoms with Crippen LogP contribution in [0, 0.1) is 0 Å². The second-order valence-electron chi connectivity index (χ2n) is 4.83. The molecule has 4 rings (SSSR count). The zero-order valence-electron chi connectivity index (χ0n) is 11.6. The lowest BCUT2D eigenvalue weighted by Crippen LogP contribution is -2.01. The average molecular weight is 346 g/mol. The van der Waals surface area contributed by atoms with E-state index < -0.39 is 0 Å². The van der Waals surface area contributed by atoms with Crippen molar-refractivity contribution in [2.24, 2.45) is 0 Å². The third-order valence-corrected chi connectivity index (χ3v) is 4.51. The van der Waals surface area contributed by atoms with E-state index in [0.29, 0.717) is 17.5 Å². The zero-order chi connectivity index (χ0) is 14.6. The van der Waals surface area contributed by atoms with Crippen molar-refractivity contribution in [3.63, 3.8) is 0 Å². The van der Waals surface area contributed by atoms with Gasteiger partial charge in [-0.25, -0.2) is 4.98 Å². The van der Waals surface area contributed by atoms with E-state index in [1.165, 1.54) is 5.56 Å². The SMILES string of the molecule is COc1cc(OC)n2c3c(nc2n1)-c1cccc(Br)c1C3. The molecule has 21 heavy (non-hydrogen) atoms. The minimum Gasteiger partial charge on any atom is -0.482 e. The fourth-order valence-corrected chi connectivity index (χ4v) is 3.32. The van der Waals surface area contributed by atoms with E-state index in [-0.39, 0.29) is 0 Å². The van der Waals surface area contributed by atoms with Gasteiger partial charge in [-0.1, -0.05) is 28.1 Å². The average Bonchev–Trinajstić information content (AvgIpc) is 3.03. The molecular weight excluding hydrogens is 334 g/mol. The molecule has 0 aliphatic heterocycles. The molecule has 1 aliphatic rings. The van der Waals surface area contributed by atoms with Gasteiger partial charge >= 0.3 is 0 Å². The van der Waals surface area contributed by atoms with Crippen LogP contribution in [-0.2, 0) is 6.42 Å². The first-order valence-corrected chi connectivity index (χ1v) is 7.30. The van der Waals surface area contributed by atoms with E-state index in [2.05, 4.69) is 38.0 Å². The van der Waals surface area contributed by atoms with E-state index in [1.54, 1.807) is 20.3 Å². The number of benzene rings is 1. The molecule has 1 aliphatic carbocycles. The van der Waals surface area contributed by atoms with Crippen molar-refractivity contribution < 1.29 is 9.47 Å². The molecule has 2 heterocycles. The molecular formula is C15H12BrN3O2. The third-order valence-electron chi connectivity index (χ3n) is 3.77. The van der Waals surface area contributed by atoms with Crippen LogP contribution >= 0.6 is 15.9 Å². The number of hydrogen-bond donors (Lipinski definition) is 0. The van der Waals surface area contributed by atoms with Gasteiger partial charge in [0.2, 0.25) is 17.5 Å². The van der Waals surface area contributed by atoms with E-state index in [4.69, 9.17) is 9.47 Å². The first-order valence-electron chi connectivity index (χ1n) is 6.51. The lowest BCUT2D eigenvalue weighted by atomic mass is 10.1. The van der Waals surface area contributed by atoms with Crippen LogP contribution in [0.3, 0.4) is 0 Å². The number of nitrogens with zero attached hydrogens (tertiary/aromatic N) is 3. The van der Waals surface area contributed by atoms with Crippen molar-refractivity contribution in [1.29, 1.82) is 0 Å². The molecule has 0 fully saturated rings. The highest BCUT2D eigenvalue weighted by Crippen LogP contribution is 2.41. The van der Waals surface area contributed by atoms with Gasteiger partial charge < -0.3 is 9.47 Å². The smallest absolute Gasteiger partial charge is 0.240 e. The Morgan fingerprint density at radius 1 is 1.19 bits per heavy atom. The number of rotatable bonds is 2. The summed E-state index contributed by atoms with van der Waals surface area (Å²) in [7, 11) is 3.22. The maximum absolute atomic E-state index is 5.47. The largest absolute Gasteiger partial charge is 0.482 e. The van der Waals surface area contributed by atoms with Crippen molar-refractivity contribution in [1.82, 2.24) is 14.4 Å².